The van der Waals surface area contributed by atoms with E-state index >= 15 is 0 Å². The molecule has 1 aliphatic carbocycles. The van der Waals surface area contributed by atoms with Gasteiger partial charge in [-0.25, -0.2) is 0 Å². The number of hydrogen-bond donors (Lipinski definition) is 1. The van der Waals surface area contributed by atoms with Crippen molar-refractivity contribution in [1.82, 2.24) is 0 Å². The van der Waals surface area contributed by atoms with Gasteiger partial charge in [-0.2, -0.15) is 0 Å². The number of hydrogen-bond acceptors (Lipinski definition) is 2. The van der Waals surface area contributed by atoms with Gasteiger partial charge >= 0.3 is 0 Å². The molecular weight excluding hydrogens is 258 g/mol. The van der Waals surface area contributed by atoms with Crippen LogP contribution in [0.3, 0.4) is 0 Å². The van der Waals surface area contributed by atoms with Crippen LogP contribution in [0.25, 0.3) is 0 Å². The molecule has 0 aromatic heterocycles. The van der Waals surface area contributed by atoms with Crippen molar-refractivity contribution in [3.8, 4) is 0 Å². The van der Waals surface area contributed by atoms with Crippen molar-refractivity contribution >= 4 is 6.29 Å². The molecule has 0 amide bonds. The molecule has 1 saturated carbocycles. The Morgan fingerprint density at radius 1 is 1.00 bits per heavy atom. The second kappa shape index (κ2) is 6.23. The van der Waals surface area contributed by atoms with Crippen LogP contribution in [0.1, 0.15) is 52.4 Å². The van der Waals surface area contributed by atoms with E-state index in [4.69, 9.17) is 5.73 Å². The molecule has 2 nitrogen and oxygen atoms in total. The molecule has 2 N–H and O–H groups in total. The third-order valence-electron chi connectivity index (χ3n) is 4.22. The second-order valence-corrected chi connectivity index (χ2v) is 6.06. The van der Waals surface area contributed by atoms with Gasteiger partial charge in [0.25, 0.3) is 0 Å². The van der Waals surface area contributed by atoms with Crippen LogP contribution < -0.4 is 5.73 Å². The quantitative estimate of drug-likeness (QED) is 0.815. The fourth-order valence-corrected chi connectivity index (χ4v) is 2.68. The molecule has 1 aliphatic rings. The van der Waals surface area contributed by atoms with Crippen molar-refractivity contribution < 1.29 is 4.79 Å². The fourth-order valence-electron chi connectivity index (χ4n) is 2.68. The highest BCUT2D eigenvalue weighted by molar-refractivity contribution is 5.74. The summed E-state index contributed by atoms with van der Waals surface area (Å²) in [5.74, 6) is 0.857. The Morgan fingerprint density at radius 3 is 2.10 bits per heavy atom. The maximum Gasteiger partial charge on any atom is 0.150 e. The molecule has 0 spiro atoms. The summed E-state index contributed by atoms with van der Waals surface area (Å²) in [7, 11) is 0. The van der Waals surface area contributed by atoms with Crippen LogP contribution in [-0.2, 0) is 6.42 Å². The van der Waals surface area contributed by atoms with E-state index in [-0.39, 0.29) is 6.04 Å². The molecule has 0 radical (unpaired) electrons. The maximum atomic E-state index is 10.6. The van der Waals surface area contributed by atoms with E-state index in [1.54, 1.807) is 0 Å². The first-order valence-electron chi connectivity index (χ1n) is 7.63. The highest BCUT2D eigenvalue weighted by Gasteiger charge is 2.24. The Labute approximate surface area is 126 Å². The maximum absolute atomic E-state index is 10.6. The summed E-state index contributed by atoms with van der Waals surface area (Å²) in [4.78, 5) is 10.6. The van der Waals surface area contributed by atoms with Crippen LogP contribution in [0.4, 0.5) is 0 Å². The van der Waals surface area contributed by atoms with Crippen molar-refractivity contribution in [2.24, 2.45) is 11.7 Å². The van der Waals surface area contributed by atoms with Gasteiger partial charge in [0, 0.05) is 11.6 Å². The average Bonchev–Trinajstić information content (AvgIpc) is 3.33. The summed E-state index contributed by atoms with van der Waals surface area (Å²) >= 11 is 0. The molecule has 1 fully saturated rings. The van der Waals surface area contributed by atoms with Gasteiger partial charge in [0.15, 0.2) is 0 Å². The van der Waals surface area contributed by atoms with Crippen LogP contribution in [0, 0.1) is 5.92 Å². The normalized spacial score (nSPS) is 15.7. The third kappa shape index (κ3) is 3.79. The summed E-state index contributed by atoms with van der Waals surface area (Å²) in [6.07, 6.45) is 5.58. The van der Waals surface area contributed by atoms with Crippen molar-refractivity contribution in [1.29, 1.82) is 0 Å². The highest BCUT2D eigenvalue weighted by atomic mass is 16.1. The SMILES string of the molecule is N[C@@H](CC1CC1)c1ccc(Cc2ccc(C=O)cc2)cc1. The van der Waals surface area contributed by atoms with Gasteiger partial charge in [-0.05, 0) is 35.4 Å². The van der Waals surface area contributed by atoms with Crippen molar-refractivity contribution in [3.63, 3.8) is 0 Å². The molecule has 1 atom stereocenters. The summed E-state index contributed by atoms with van der Waals surface area (Å²) in [5, 5.41) is 0. The molecule has 0 heterocycles. The van der Waals surface area contributed by atoms with Gasteiger partial charge in [-0.15, -0.1) is 0 Å². The zero-order valence-electron chi connectivity index (χ0n) is 12.2. The van der Waals surface area contributed by atoms with Gasteiger partial charge in [0.2, 0.25) is 0 Å². The molecule has 0 unspecified atom stereocenters. The molecule has 21 heavy (non-hydrogen) atoms. The minimum Gasteiger partial charge on any atom is -0.324 e. The summed E-state index contributed by atoms with van der Waals surface area (Å²) in [6, 6.07) is 16.6. The first-order chi connectivity index (χ1) is 10.2. The van der Waals surface area contributed by atoms with Crippen molar-refractivity contribution in [2.75, 3.05) is 0 Å². The lowest BCUT2D eigenvalue weighted by Crippen LogP contribution is -2.10. The van der Waals surface area contributed by atoms with Crippen LogP contribution in [-0.4, -0.2) is 6.29 Å². The molecular formula is C19H21NO. The van der Waals surface area contributed by atoms with E-state index in [0.717, 1.165) is 30.6 Å². The largest absolute Gasteiger partial charge is 0.324 e. The number of carbonyl (C=O) groups is 1. The van der Waals surface area contributed by atoms with Gasteiger partial charge in [0.05, 0.1) is 0 Å². The topological polar surface area (TPSA) is 43.1 Å². The number of carbonyl (C=O) groups excluding carboxylic acids is 1. The lowest BCUT2D eigenvalue weighted by Gasteiger charge is -2.12. The summed E-state index contributed by atoms with van der Waals surface area (Å²) in [5.41, 5.74) is 10.7. The average molecular weight is 279 g/mol. The summed E-state index contributed by atoms with van der Waals surface area (Å²) in [6.45, 7) is 0. The molecule has 108 valence electrons. The van der Waals surface area contributed by atoms with Gasteiger partial charge < -0.3 is 5.73 Å². The van der Waals surface area contributed by atoms with Crippen LogP contribution in [0.15, 0.2) is 48.5 Å². The molecule has 0 bridgehead atoms. The Bertz CT molecular complexity index is 596. The zero-order chi connectivity index (χ0) is 14.7. The predicted molar refractivity (Wildman–Crippen MR) is 85.3 cm³/mol. The van der Waals surface area contributed by atoms with Crippen LogP contribution >= 0.6 is 0 Å². The minimum absolute atomic E-state index is 0.179. The van der Waals surface area contributed by atoms with Gasteiger partial charge in [-0.3, -0.25) is 4.79 Å². The minimum atomic E-state index is 0.179. The molecule has 2 heteroatoms. The smallest absolute Gasteiger partial charge is 0.150 e. The molecule has 2 aromatic rings. The molecule has 3 rings (SSSR count). The zero-order valence-corrected chi connectivity index (χ0v) is 12.2. The van der Waals surface area contributed by atoms with Crippen LogP contribution in [0.5, 0.6) is 0 Å². The summed E-state index contributed by atoms with van der Waals surface area (Å²) < 4.78 is 0. The van der Waals surface area contributed by atoms with E-state index in [1.165, 1.54) is 29.5 Å². The van der Waals surface area contributed by atoms with Crippen molar-refractivity contribution in [3.05, 3.63) is 70.8 Å². The number of rotatable bonds is 6. The van der Waals surface area contributed by atoms with Gasteiger partial charge in [0.1, 0.15) is 6.29 Å². The van der Waals surface area contributed by atoms with E-state index < -0.39 is 0 Å². The lowest BCUT2D eigenvalue weighted by atomic mass is 9.98. The molecule has 2 aromatic carbocycles. The Kier molecular flexibility index (Phi) is 4.16. The lowest BCUT2D eigenvalue weighted by molar-refractivity contribution is 0.112. The first-order valence-corrected chi connectivity index (χ1v) is 7.63. The first kappa shape index (κ1) is 14.0. The van der Waals surface area contributed by atoms with E-state index in [2.05, 4.69) is 24.3 Å². The fraction of sp³-hybridized carbons (Fsp3) is 0.316. The van der Waals surface area contributed by atoms with E-state index in [1.807, 2.05) is 24.3 Å². The standard InChI is InChI=1S/C19H21NO/c20-19(12-16-1-2-16)18-9-7-15(8-10-18)11-14-3-5-17(13-21)6-4-14/h3-10,13,16,19H,1-2,11-12,20H2/t19-/m0/s1. The van der Waals surface area contributed by atoms with Gasteiger partial charge in [-0.1, -0.05) is 61.4 Å². The number of benzene rings is 2. The third-order valence-corrected chi connectivity index (χ3v) is 4.22. The van der Waals surface area contributed by atoms with E-state index in [9.17, 15) is 4.79 Å². The number of aldehydes is 1. The second-order valence-electron chi connectivity index (χ2n) is 6.06. The number of nitrogens with two attached hydrogens (primary N) is 1. The molecule has 0 saturated heterocycles. The Hall–Kier alpha value is -1.93. The Balaban J connectivity index is 1.63. The molecule has 0 aliphatic heterocycles. The monoisotopic (exact) mass is 279 g/mol. The van der Waals surface area contributed by atoms with E-state index in [0.29, 0.717) is 0 Å². The van der Waals surface area contributed by atoms with Crippen molar-refractivity contribution in [2.45, 2.75) is 31.7 Å². The predicted octanol–water partition coefficient (Wildman–Crippen LogP) is 3.89. The van der Waals surface area contributed by atoms with Crippen LogP contribution in [0.2, 0.25) is 0 Å². The highest BCUT2D eigenvalue weighted by Crippen LogP contribution is 2.36. The Morgan fingerprint density at radius 2 is 1.57 bits per heavy atom.